The van der Waals surface area contributed by atoms with Gasteiger partial charge in [0.15, 0.2) is 0 Å². The molecule has 1 aliphatic heterocycles. The summed E-state index contributed by atoms with van der Waals surface area (Å²) in [5, 5.41) is 20.2. The monoisotopic (exact) mass is 367 g/mol. The van der Waals surface area contributed by atoms with Crippen LogP contribution in [-0.2, 0) is 12.8 Å². The number of nitrogens with zero attached hydrogens (tertiary/aromatic N) is 3. The van der Waals surface area contributed by atoms with Gasteiger partial charge in [0.1, 0.15) is 17.5 Å². The standard InChI is InChI=1S/C22H29N3O2/c1-14-9-10-18(19(12-14)27-3)20-16-7-4-8-17(16)21(24-23-20)22(26)15-6-5-11-25(2)13-15/h9-10,12,15,22,26H,4-8,11,13H2,1-3H3/t15-,22+/m0/s1. The van der Waals surface area contributed by atoms with E-state index in [2.05, 4.69) is 41.2 Å². The highest BCUT2D eigenvalue weighted by Gasteiger charge is 2.32. The average Bonchev–Trinajstić information content (AvgIpc) is 3.16. The van der Waals surface area contributed by atoms with Crippen molar-refractivity contribution >= 4 is 0 Å². The van der Waals surface area contributed by atoms with E-state index < -0.39 is 6.10 Å². The molecule has 4 rings (SSSR count). The van der Waals surface area contributed by atoms with Crippen molar-refractivity contribution in [3.05, 3.63) is 40.6 Å². The van der Waals surface area contributed by atoms with E-state index in [0.717, 1.165) is 73.5 Å². The minimum Gasteiger partial charge on any atom is -0.496 e. The summed E-state index contributed by atoms with van der Waals surface area (Å²) in [6.07, 6.45) is 4.71. The van der Waals surface area contributed by atoms with E-state index in [1.54, 1.807) is 7.11 Å². The lowest BCUT2D eigenvalue weighted by Crippen LogP contribution is -2.35. The van der Waals surface area contributed by atoms with Gasteiger partial charge in [-0.1, -0.05) is 6.07 Å². The molecule has 2 aromatic rings. The summed E-state index contributed by atoms with van der Waals surface area (Å²) in [5.74, 6) is 1.07. The Kier molecular flexibility index (Phi) is 5.15. The number of hydrogen-bond acceptors (Lipinski definition) is 5. The van der Waals surface area contributed by atoms with Crippen molar-refractivity contribution in [2.24, 2.45) is 5.92 Å². The number of piperidine rings is 1. The van der Waals surface area contributed by atoms with Crippen LogP contribution in [0.4, 0.5) is 0 Å². The smallest absolute Gasteiger partial charge is 0.128 e. The molecule has 1 aromatic carbocycles. The Bertz CT molecular complexity index is 837. The fourth-order valence-corrected chi connectivity index (χ4v) is 4.65. The number of aliphatic hydroxyl groups is 1. The lowest BCUT2D eigenvalue weighted by atomic mass is 9.88. The maximum absolute atomic E-state index is 11.1. The van der Waals surface area contributed by atoms with Gasteiger partial charge in [0.2, 0.25) is 0 Å². The largest absolute Gasteiger partial charge is 0.496 e. The zero-order valence-electron chi connectivity index (χ0n) is 16.5. The number of rotatable bonds is 4. The van der Waals surface area contributed by atoms with Crippen LogP contribution < -0.4 is 4.74 Å². The molecule has 0 radical (unpaired) electrons. The molecule has 0 unspecified atom stereocenters. The number of ether oxygens (including phenoxy) is 1. The summed E-state index contributed by atoms with van der Waals surface area (Å²) in [4.78, 5) is 2.30. The van der Waals surface area contributed by atoms with E-state index in [1.807, 2.05) is 6.07 Å². The first-order chi connectivity index (χ1) is 13.1. The number of benzene rings is 1. The number of hydrogen-bond donors (Lipinski definition) is 1. The van der Waals surface area contributed by atoms with Gasteiger partial charge in [-0.3, -0.25) is 0 Å². The number of aryl methyl sites for hydroxylation is 1. The van der Waals surface area contributed by atoms with E-state index in [1.165, 1.54) is 11.1 Å². The van der Waals surface area contributed by atoms with E-state index in [4.69, 9.17) is 4.74 Å². The molecule has 2 aliphatic rings. The van der Waals surface area contributed by atoms with Crippen molar-refractivity contribution in [2.45, 2.75) is 45.1 Å². The molecule has 0 bridgehead atoms. The summed E-state index contributed by atoms with van der Waals surface area (Å²) in [6, 6.07) is 6.20. The summed E-state index contributed by atoms with van der Waals surface area (Å²) in [7, 11) is 3.82. The highest BCUT2D eigenvalue weighted by atomic mass is 16.5. The topological polar surface area (TPSA) is 58.5 Å². The van der Waals surface area contributed by atoms with E-state index in [9.17, 15) is 5.11 Å². The second-order valence-corrected chi connectivity index (χ2v) is 8.06. The lowest BCUT2D eigenvalue weighted by molar-refractivity contribution is 0.0550. The van der Waals surface area contributed by atoms with Crippen molar-refractivity contribution in [2.75, 3.05) is 27.2 Å². The van der Waals surface area contributed by atoms with Gasteiger partial charge in [0.25, 0.3) is 0 Å². The van der Waals surface area contributed by atoms with Gasteiger partial charge in [0, 0.05) is 18.0 Å². The highest BCUT2D eigenvalue weighted by molar-refractivity contribution is 5.72. The molecule has 5 heteroatoms. The SMILES string of the molecule is COc1cc(C)ccc1-c1nnc([C@H](O)[C@H]2CCCN(C)C2)c2c1CCC2. The van der Waals surface area contributed by atoms with E-state index in [0.29, 0.717) is 0 Å². The number of aromatic nitrogens is 2. The van der Waals surface area contributed by atoms with Crippen LogP contribution in [0.1, 0.15) is 47.8 Å². The Hall–Kier alpha value is -1.98. The minimum atomic E-state index is -0.527. The predicted octanol–water partition coefficient (Wildman–Crippen LogP) is 3.32. The molecule has 2 heterocycles. The van der Waals surface area contributed by atoms with Crippen LogP contribution in [0.25, 0.3) is 11.3 Å². The van der Waals surface area contributed by atoms with E-state index >= 15 is 0 Å². The normalized spacial score (nSPS) is 21.1. The number of fused-ring (bicyclic) bond motifs is 1. The van der Waals surface area contributed by atoms with Crippen LogP contribution in [0.15, 0.2) is 18.2 Å². The van der Waals surface area contributed by atoms with Crippen LogP contribution in [-0.4, -0.2) is 47.5 Å². The zero-order chi connectivity index (χ0) is 19.0. The Labute approximate surface area is 161 Å². The van der Waals surface area contributed by atoms with Crippen molar-refractivity contribution in [3.63, 3.8) is 0 Å². The molecule has 0 saturated carbocycles. The van der Waals surface area contributed by atoms with Crippen LogP contribution in [0.3, 0.4) is 0 Å². The molecule has 0 amide bonds. The number of likely N-dealkylation sites (tertiary alicyclic amines) is 1. The Morgan fingerprint density at radius 1 is 1.19 bits per heavy atom. The van der Waals surface area contributed by atoms with Crippen LogP contribution in [0.5, 0.6) is 5.75 Å². The Morgan fingerprint density at radius 3 is 2.78 bits per heavy atom. The maximum Gasteiger partial charge on any atom is 0.128 e. The quantitative estimate of drug-likeness (QED) is 0.898. The molecule has 27 heavy (non-hydrogen) atoms. The first kappa shape index (κ1) is 18.4. The second kappa shape index (κ2) is 7.56. The number of methoxy groups -OCH3 is 1. The van der Waals surface area contributed by atoms with Gasteiger partial charge in [0.05, 0.1) is 12.8 Å². The highest BCUT2D eigenvalue weighted by Crippen LogP contribution is 2.39. The molecule has 144 valence electrons. The average molecular weight is 367 g/mol. The van der Waals surface area contributed by atoms with Gasteiger partial charge in [-0.05, 0) is 81.4 Å². The molecule has 0 spiro atoms. The molecule has 1 fully saturated rings. The summed E-state index contributed by atoms with van der Waals surface area (Å²) < 4.78 is 5.60. The van der Waals surface area contributed by atoms with Crippen LogP contribution in [0, 0.1) is 12.8 Å². The number of aliphatic hydroxyl groups excluding tert-OH is 1. The fourth-order valence-electron chi connectivity index (χ4n) is 4.65. The minimum absolute atomic E-state index is 0.238. The fraction of sp³-hybridized carbons (Fsp3) is 0.545. The van der Waals surface area contributed by atoms with Crippen molar-refractivity contribution in [3.8, 4) is 17.0 Å². The summed E-state index contributed by atoms with van der Waals surface area (Å²) >= 11 is 0. The molecular formula is C22H29N3O2. The molecule has 2 atom stereocenters. The second-order valence-electron chi connectivity index (χ2n) is 8.06. The van der Waals surface area contributed by atoms with Gasteiger partial charge >= 0.3 is 0 Å². The van der Waals surface area contributed by atoms with E-state index in [-0.39, 0.29) is 5.92 Å². The molecule has 1 aromatic heterocycles. The zero-order valence-corrected chi connectivity index (χ0v) is 16.5. The van der Waals surface area contributed by atoms with Gasteiger partial charge < -0.3 is 14.7 Å². The van der Waals surface area contributed by atoms with Crippen molar-refractivity contribution < 1.29 is 9.84 Å². The first-order valence-electron chi connectivity index (χ1n) is 9.98. The van der Waals surface area contributed by atoms with Gasteiger partial charge in [-0.15, -0.1) is 5.10 Å². The van der Waals surface area contributed by atoms with Crippen LogP contribution in [0.2, 0.25) is 0 Å². The molecule has 1 N–H and O–H groups in total. The van der Waals surface area contributed by atoms with Crippen LogP contribution >= 0.6 is 0 Å². The first-order valence-corrected chi connectivity index (χ1v) is 9.98. The van der Waals surface area contributed by atoms with Crippen molar-refractivity contribution in [1.82, 2.24) is 15.1 Å². The third-order valence-corrected chi connectivity index (χ3v) is 6.07. The molecular weight excluding hydrogens is 338 g/mol. The lowest BCUT2D eigenvalue weighted by Gasteiger charge is -2.33. The van der Waals surface area contributed by atoms with Crippen molar-refractivity contribution in [1.29, 1.82) is 0 Å². The predicted molar refractivity (Wildman–Crippen MR) is 106 cm³/mol. The summed E-state index contributed by atoms with van der Waals surface area (Å²) in [5.41, 5.74) is 6.32. The van der Waals surface area contributed by atoms with Gasteiger partial charge in [-0.2, -0.15) is 5.10 Å². The molecule has 5 nitrogen and oxygen atoms in total. The maximum atomic E-state index is 11.1. The summed E-state index contributed by atoms with van der Waals surface area (Å²) in [6.45, 7) is 4.09. The Balaban J connectivity index is 1.73. The third-order valence-electron chi connectivity index (χ3n) is 6.07. The molecule has 1 aliphatic carbocycles. The van der Waals surface area contributed by atoms with Gasteiger partial charge in [-0.25, -0.2) is 0 Å². The Morgan fingerprint density at radius 2 is 2.00 bits per heavy atom. The molecule has 1 saturated heterocycles. The third kappa shape index (κ3) is 3.46.